The molecule has 0 fully saturated rings. The maximum absolute atomic E-state index is 11.6. The van der Waals surface area contributed by atoms with Crippen molar-refractivity contribution in [2.75, 3.05) is 26.0 Å². The molecular formula is C13H18N2O3. The Morgan fingerprint density at radius 1 is 1.33 bits per heavy atom. The summed E-state index contributed by atoms with van der Waals surface area (Å²) >= 11 is 0. The molecule has 5 nitrogen and oxygen atoms in total. The summed E-state index contributed by atoms with van der Waals surface area (Å²) in [5, 5.41) is 11.5. The highest BCUT2D eigenvalue weighted by Gasteiger charge is 2.06. The van der Waals surface area contributed by atoms with Crippen LogP contribution in [0.3, 0.4) is 0 Å². The van der Waals surface area contributed by atoms with Gasteiger partial charge in [0.15, 0.2) is 0 Å². The molecule has 0 spiro atoms. The first-order chi connectivity index (χ1) is 8.49. The predicted molar refractivity (Wildman–Crippen MR) is 69.8 cm³/mol. The summed E-state index contributed by atoms with van der Waals surface area (Å²) < 4.78 is 0. The summed E-state index contributed by atoms with van der Waals surface area (Å²) in [5.74, 6) is -1.10. The highest BCUT2D eigenvalue weighted by molar-refractivity contribution is 5.93. The van der Waals surface area contributed by atoms with E-state index in [-0.39, 0.29) is 11.5 Å². The van der Waals surface area contributed by atoms with E-state index < -0.39 is 5.97 Å². The topological polar surface area (TPSA) is 69.6 Å². The first kappa shape index (κ1) is 14.2. The van der Waals surface area contributed by atoms with Crippen molar-refractivity contribution < 1.29 is 14.7 Å². The molecule has 1 aromatic carbocycles. The molecule has 0 saturated carbocycles. The zero-order valence-electron chi connectivity index (χ0n) is 10.6. The second-order valence-electron chi connectivity index (χ2n) is 4.34. The summed E-state index contributed by atoms with van der Waals surface area (Å²) in [4.78, 5) is 24.4. The van der Waals surface area contributed by atoms with Crippen LogP contribution in [0.4, 0.5) is 5.69 Å². The minimum atomic E-state index is -1.00. The fourth-order valence-corrected chi connectivity index (χ4v) is 1.51. The van der Waals surface area contributed by atoms with E-state index in [2.05, 4.69) is 5.32 Å². The predicted octanol–water partition coefficient (Wildman–Crippen LogP) is 1.67. The minimum Gasteiger partial charge on any atom is -0.478 e. The number of carbonyl (C=O) groups excluding carboxylic acids is 1. The van der Waals surface area contributed by atoms with Gasteiger partial charge in [-0.2, -0.15) is 0 Å². The zero-order valence-corrected chi connectivity index (χ0v) is 10.6. The van der Waals surface area contributed by atoms with E-state index in [1.165, 1.54) is 12.1 Å². The lowest BCUT2D eigenvalue weighted by atomic mass is 10.2. The largest absolute Gasteiger partial charge is 0.478 e. The monoisotopic (exact) mass is 250 g/mol. The van der Waals surface area contributed by atoms with Crippen molar-refractivity contribution in [1.29, 1.82) is 0 Å². The van der Waals surface area contributed by atoms with Gasteiger partial charge in [0.2, 0.25) is 5.91 Å². The van der Waals surface area contributed by atoms with Crippen molar-refractivity contribution in [3.63, 3.8) is 0 Å². The van der Waals surface area contributed by atoms with E-state index in [1.54, 1.807) is 12.1 Å². The molecule has 1 aromatic rings. The van der Waals surface area contributed by atoms with Crippen molar-refractivity contribution >= 4 is 17.6 Å². The lowest BCUT2D eigenvalue weighted by molar-refractivity contribution is -0.116. The van der Waals surface area contributed by atoms with E-state index in [0.717, 1.165) is 13.0 Å². The Bertz CT molecular complexity index is 430. The summed E-state index contributed by atoms with van der Waals surface area (Å²) in [6.45, 7) is 0.850. The molecule has 0 radical (unpaired) electrons. The van der Waals surface area contributed by atoms with Crippen LogP contribution in [0.2, 0.25) is 0 Å². The number of nitrogens with zero attached hydrogens (tertiary/aromatic N) is 1. The number of carbonyl (C=O) groups is 2. The zero-order chi connectivity index (χ0) is 13.5. The van der Waals surface area contributed by atoms with E-state index >= 15 is 0 Å². The average molecular weight is 250 g/mol. The third kappa shape index (κ3) is 4.97. The Morgan fingerprint density at radius 3 is 2.67 bits per heavy atom. The smallest absolute Gasteiger partial charge is 0.335 e. The van der Waals surface area contributed by atoms with Crippen molar-refractivity contribution in [2.24, 2.45) is 0 Å². The Hall–Kier alpha value is -1.88. The number of aromatic carboxylic acids is 1. The highest BCUT2D eigenvalue weighted by atomic mass is 16.4. The highest BCUT2D eigenvalue weighted by Crippen LogP contribution is 2.11. The summed E-state index contributed by atoms with van der Waals surface area (Å²) in [5.41, 5.74) is 0.686. The summed E-state index contributed by atoms with van der Waals surface area (Å²) in [6.07, 6.45) is 1.20. The molecule has 98 valence electrons. The molecule has 1 amide bonds. The minimum absolute atomic E-state index is 0.0978. The molecule has 0 saturated heterocycles. The van der Waals surface area contributed by atoms with E-state index in [4.69, 9.17) is 5.11 Å². The lowest BCUT2D eigenvalue weighted by Crippen LogP contribution is -2.17. The van der Waals surface area contributed by atoms with Gasteiger partial charge in [0.1, 0.15) is 0 Å². The number of amides is 1. The molecule has 0 atom stereocenters. The van der Waals surface area contributed by atoms with Gasteiger partial charge in [-0.15, -0.1) is 0 Å². The molecule has 18 heavy (non-hydrogen) atoms. The van der Waals surface area contributed by atoms with Gasteiger partial charge in [-0.25, -0.2) is 4.79 Å². The van der Waals surface area contributed by atoms with Crippen molar-refractivity contribution in [3.05, 3.63) is 29.8 Å². The Morgan fingerprint density at radius 2 is 2.06 bits per heavy atom. The van der Waals surface area contributed by atoms with Crippen LogP contribution in [0.15, 0.2) is 24.3 Å². The number of hydrogen-bond donors (Lipinski definition) is 2. The first-order valence-corrected chi connectivity index (χ1v) is 5.77. The number of rotatable bonds is 6. The van der Waals surface area contributed by atoms with Crippen LogP contribution < -0.4 is 5.32 Å². The van der Waals surface area contributed by atoms with Crippen LogP contribution >= 0.6 is 0 Å². The molecular weight excluding hydrogens is 232 g/mol. The number of carboxylic acid groups (broad SMARTS) is 1. The van der Waals surface area contributed by atoms with Gasteiger partial charge in [-0.1, -0.05) is 6.07 Å². The normalized spacial score (nSPS) is 10.4. The Kier molecular flexibility index (Phi) is 5.32. The van der Waals surface area contributed by atoms with Crippen LogP contribution in [-0.4, -0.2) is 42.5 Å². The quantitative estimate of drug-likeness (QED) is 0.805. The molecule has 0 aromatic heterocycles. The maximum Gasteiger partial charge on any atom is 0.335 e. The molecule has 0 heterocycles. The van der Waals surface area contributed by atoms with Gasteiger partial charge in [0.25, 0.3) is 0 Å². The molecule has 2 N–H and O–H groups in total. The summed E-state index contributed by atoms with van der Waals surface area (Å²) in [7, 11) is 3.91. The van der Waals surface area contributed by atoms with Crippen LogP contribution in [0.1, 0.15) is 23.2 Å². The lowest BCUT2D eigenvalue weighted by Gasteiger charge is -2.09. The molecule has 5 heteroatoms. The van der Waals surface area contributed by atoms with Crippen LogP contribution in [0.5, 0.6) is 0 Å². The molecule has 0 aliphatic carbocycles. The molecule has 0 aliphatic heterocycles. The van der Waals surface area contributed by atoms with Crippen molar-refractivity contribution in [3.8, 4) is 0 Å². The van der Waals surface area contributed by atoms with Crippen LogP contribution in [0, 0.1) is 0 Å². The van der Waals surface area contributed by atoms with Crippen molar-refractivity contribution in [1.82, 2.24) is 4.90 Å². The van der Waals surface area contributed by atoms with Crippen molar-refractivity contribution in [2.45, 2.75) is 12.8 Å². The number of anilines is 1. The van der Waals surface area contributed by atoms with Gasteiger partial charge >= 0.3 is 5.97 Å². The van der Waals surface area contributed by atoms with Gasteiger partial charge < -0.3 is 15.3 Å². The molecule has 0 aliphatic rings. The van der Waals surface area contributed by atoms with E-state index in [1.807, 2.05) is 19.0 Å². The number of hydrogen-bond acceptors (Lipinski definition) is 3. The number of benzene rings is 1. The van der Waals surface area contributed by atoms with E-state index in [9.17, 15) is 9.59 Å². The van der Waals surface area contributed by atoms with Gasteiger partial charge in [0.05, 0.1) is 5.56 Å². The first-order valence-electron chi connectivity index (χ1n) is 5.77. The summed E-state index contributed by atoms with van der Waals surface area (Å²) in [6, 6.07) is 6.23. The van der Waals surface area contributed by atoms with Crippen LogP contribution in [-0.2, 0) is 4.79 Å². The van der Waals surface area contributed by atoms with Gasteiger partial charge in [0, 0.05) is 12.1 Å². The maximum atomic E-state index is 11.6. The molecule has 0 bridgehead atoms. The fraction of sp³-hybridized carbons (Fsp3) is 0.385. The Labute approximate surface area is 106 Å². The molecule has 1 rings (SSSR count). The number of carboxylic acids is 1. The van der Waals surface area contributed by atoms with Crippen LogP contribution in [0.25, 0.3) is 0 Å². The Balaban J connectivity index is 2.49. The number of nitrogens with one attached hydrogen (secondary N) is 1. The third-order valence-corrected chi connectivity index (χ3v) is 2.40. The standard InChI is InChI=1S/C13H18N2O3/c1-15(2)8-4-7-12(16)14-11-6-3-5-10(9-11)13(17)18/h3,5-6,9H,4,7-8H2,1-2H3,(H,14,16)(H,17,18). The van der Waals surface area contributed by atoms with Gasteiger partial charge in [-0.3, -0.25) is 4.79 Å². The second kappa shape index (κ2) is 6.76. The third-order valence-electron chi connectivity index (χ3n) is 2.40. The molecule has 0 unspecified atom stereocenters. The average Bonchev–Trinajstić information content (AvgIpc) is 2.28. The SMILES string of the molecule is CN(C)CCCC(=O)Nc1cccc(C(=O)O)c1. The van der Waals surface area contributed by atoms with E-state index in [0.29, 0.717) is 12.1 Å². The fourth-order valence-electron chi connectivity index (χ4n) is 1.51. The van der Waals surface area contributed by atoms with Gasteiger partial charge in [-0.05, 0) is 45.3 Å². The second-order valence-corrected chi connectivity index (χ2v) is 4.34.